The number of nitrogens with two attached hydrogens (primary N) is 1. The molecule has 1 aliphatic rings. The predicted molar refractivity (Wildman–Crippen MR) is 78.9 cm³/mol. The van der Waals surface area contributed by atoms with Crippen LogP contribution in [0.15, 0.2) is 24.3 Å². The lowest BCUT2D eigenvalue weighted by molar-refractivity contribution is -0.121. The van der Waals surface area contributed by atoms with E-state index in [4.69, 9.17) is 5.73 Å². The molecule has 0 aliphatic carbocycles. The van der Waals surface area contributed by atoms with E-state index < -0.39 is 0 Å². The molecule has 1 saturated heterocycles. The SMILES string of the molecule is CC1CCC(C)N1C(C)C(=O)Nc1cccc(N)c1. The zero-order chi connectivity index (χ0) is 14.0. The van der Waals surface area contributed by atoms with Gasteiger partial charge in [0.15, 0.2) is 0 Å². The van der Waals surface area contributed by atoms with Crippen molar-refractivity contribution in [1.82, 2.24) is 4.90 Å². The average molecular weight is 261 g/mol. The average Bonchev–Trinajstić information content (AvgIpc) is 2.68. The molecule has 1 heterocycles. The minimum Gasteiger partial charge on any atom is -0.399 e. The van der Waals surface area contributed by atoms with Gasteiger partial charge in [0.05, 0.1) is 6.04 Å². The van der Waals surface area contributed by atoms with Gasteiger partial charge in [0.1, 0.15) is 0 Å². The number of carbonyl (C=O) groups excluding carboxylic acids is 1. The topological polar surface area (TPSA) is 58.4 Å². The van der Waals surface area contributed by atoms with Gasteiger partial charge in [-0.15, -0.1) is 0 Å². The number of hydrogen-bond acceptors (Lipinski definition) is 3. The van der Waals surface area contributed by atoms with Gasteiger partial charge in [0.25, 0.3) is 0 Å². The Morgan fingerprint density at radius 1 is 1.37 bits per heavy atom. The summed E-state index contributed by atoms with van der Waals surface area (Å²) in [6, 6.07) is 8.11. The number of nitrogens with one attached hydrogen (secondary N) is 1. The van der Waals surface area contributed by atoms with Gasteiger partial charge in [-0.25, -0.2) is 0 Å². The lowest BCUT2D eigenvalue weighted by Gasteiger charge is -2.31. The van der Waals surface area contributed by atoms with Crippen molar-refractivity contribution in [3.8, 4) is 0 Å². The van der Waals surface area contributed by atoms with E-state index in [-0.39, 0.29) is 11.9 Å². The van der Waals surface area contributed by atoms with Gasteiger partial charge in [-0.2, -0.15) is 0 Å². The summed E-state index contributed by atoms with van der Waals surface area (Å²) in [6.45, 7) is 6.35. The Balaban J connectivity index is 2.03. The molecular formula is C15H23N3O. The van der Waals surface area contributed by atoms with Crippen LogP contribution < -0.4 is 11.1 Å². The first-order valence-corrected chi connectivity index (χ1v) is 6.93. The molecule has 0 radical (unpaired) electrons. The van der Waals surface area contributed by atoms with E-state index in [1.807, 2.05) is 25.1 Å². The maximum absolute atomic E-state index is 12.3. The zero-order valence-corrected chi connectivity index (χ0v) is 11.9. The standard InChI is InChI=1S/C15H23N3O/c1-10-7-8-11(2)18(10)12(3)15(19)17-14-6-4-5-13(16)9-14/h4-6,9-12H,7-8,16H2,1-3H3,(H,17,19). The van der Waals surface area contributed by atoms with E-state index in [1.165, 1.54) is 0 Å². The van der Waals surface area contributed by atoms with Crippen LogP contribution in [0.4, 0.5) is 11.4 Å². The van der Waals surface area contributed by atoms with Crippen LogP contribution in [0.3, 0.4) is 0 Å². The van der Waals surface area contributed by atoms with Gasteiger partial charge in [0, 0.05) is 23.5 Å². The molecule has 1 aromatic carbocycles. The normalized spacial score (nSPS) is 25.2. The number of carbonyl (C=O) groups is 1. The van der Waals surface area contributed by atoms with Crippen LogP contribution in [0, 0.1) is 0 Å². The largest absolute Gasteiger partial charge is 0.399 e. The second-order valence-electron chi connectivity index (χ2n) is 5.51. The molecule has 3 atom stereocenters. The van der Waals surface area contributed by atoms with Crippen molar-refractivity contribution in [3.63, 3.8) is 0 Å². The molecule has 2 rings (SSSR count). The molecule has 0 bridgehead atoms. The van der Waals surface area contributed by atoms with Crippen LogP contribution in [0.5, 0.6) is 0 Å². The summed E-state index contributed by atoms with van der Waals surface area (Å²) in [4.78, 5) is 14.6. The zero-order valence-electron chi connectivity index (χ0n) is 11.9. The van der Waals surface area contributed by atoms with E-state index in [0.717, 1.165) is 18.5 Å². The smallest absolute Gasteiger partial charge is 0.241 e. The van der Waals surface area contributed by atoms with Crippen molar-refractivity contribution in [3.05, 3.63) is 24.3 Å². The number of benzene rings is 1. The predicted octanol–water partition coefficient (Wildman–Crippen LogP) is 2.47. The van der Waals surface area contributed by atoms with Gasteiger partial charge in [-0.3, -0.25) is 9.69 Å². The summed E-state index contributed by atoms with van der Waals surface area (Å²) in [6.07, 6.45) is 2.33. The van der Waals surface area contributed by atoms with Gasteiger partial charge >= 0.3 is 0 Å². The Bertz CT molecular complexity index is 450. The molecule has 3 N–H and O–H groups in total. The number of anilines is 2. The van der Waals surface area contributed by atoms with E-state index in [2.05, 4.69) is 24.1 Å². The molecule has 0 spiro atoms. The van der Waals surface area contributed by atoms with Gasteiger partial charge in [0.2, 0.25) is 5.91 Å². The molecule has 19 heavy (non-hydrogen) atoms. The number of likely N-dealkylation sites (tertiary alicyclic amines) is 1. The maximum Gasteiger partial charge on any atom is 0.241 e. The lowest BCUT2D eigenvalue weighted by atomic mass is 10.2. The molecule has 1 amide bonds. The maximum atomic E-state index is 12.3. The van der Waals surface area contributed by atoms with Crippen molar-refractivity contribution in [1.29, 1.82) is 0 Å². The highest BCUT2D eigenvalue weighted by Crippen LogP contribution is 2.26. The number of nitrogen functional groups attached to an aromatic ring is 1. The number of nitrogens with zero attached hydrogens (tertiary/aromatic N) is 1. The highest BCUT2D eigenvalue weighted by Gasteiger charge is 2.34. The number of hydrogen-bond donors (Lipinski definition) is 2. The Hall–Kier alpha value is -1.55. The van der Waals surface area contributed by atoms with Crippen molar-refractivity contribution < 1.29 is 4.79 Å². The molecule has 104 valence electrons. The van der Waals surface area contributed by atoms with Crippen LogP contribution in [0.25, 0.3) is 0 Å². The quantitative estimate of drug-likeness (QED) is 0.822. The fraction of sp³-hybridized carbons (Fsp3) is 0.533. The third-order valence-electron chi connectivity index (χ3n) is 4.00. The Kier molecular flexibility index (Phi) is 4.10. The Morgan fingerprint density at radius 2 is 2.00 bits per heavy atom. The van der Waals surface area contributed by atoms with Gasteiger partial charge < -0.3 is 11.1 Å². The fourth-order valence-corrected chi connectivity index (χ4v) is 2.98. The molecule has 0 saturated carbocycles. The second kappa shape index (κ2) is 5.61. The molecular weight excluding hydrogens is 238 g/mol. The molecule has 4 heteroatoms. The molecule has 4 nitrogen and oxygen atoms in total. The van der Waals surface area contributed by atoms with Gasteiger partial charge in [-0.1, -0.05) is 6.07 Å². The van der Waals surface area contributed by atoms with Crippen molar-refractivity contribution in [2.75, 3.05) is 11.1 Å². The second-order valence-corrected chi connectivity index (χ2v) is 5.51. The van der Waals surface area contributed by atoms with Crippen LogP contribution in [0.2, 0.25) is 0 Å². The van der Waals surface area contributed by atoms with Crippen LogP contribution in [-0.2, 0) is 4.79 Å². The molecule has 0 aromatic heterocycles. The van der Waals surface area contributed by atoms with Crippen LogP contribution in [-0.4, -0.2) is 28.9 Å². The van der Waals surface area contributed by atoms with Crippen LogP contribution >= 0.6 is 0 Å². The number of amides is 1. The molecule has 1 aromatic rings. The monoisotopic (exact) mass is 261 g/mol. The first-order chi connectivity index (χ1) is 8.99. The minimum absolute atomic E-state index is 0.0335. The summed E-state index contributed by atoms with van der Waals surface area (Å²) >= 11 is 0. The highest BCUT2D eigenvalue weighted by atomic mass is 16.2. The highest BCUT2D eigenvalue weighted by molar-refractivity contribution is 5.95. The third kappa shape index (κ3) is 3.07. The Morgan fingerprint density at radius 3 is 2.58 bits per heavy atom. The van der Waals surface area contributed by atoms with E-state index in [0.29, 0.717) is 17.8 Å². The number of rotatable bonds is 3. The summed E-state index contributed by atoms with van der Waals surface area (Å²) < 4.78 is 0. The first kappa shape index (κ1) is 13.9. The van der Waals surface area contributed by atoms with E-state index in [1.54, 1.807) is 6.07 Å². The fourth-order valence-electron chi connectivity index (χ4n) is 2.98. The van der Waals surface area contributed by atoms with E-state index >= 15 is 0 Å². The van der Waals surface area contributed by atoms with Crippen molar-refractivity contribution in [2.45, 2.75) is 51.7 Å². The first-order valence-electron chi connectivity index (χ1n) is 6.93. The minimum atomic E-state index is -0.117. The summed E-state index contributed by atoms with van der Waals surface area (Å²) in [5.41, 5.74) is 7.14. The van der Waals surface area contributed by atoms with E-state index in [9.17, 15) is 4.79 Å². The lowest BCUT2D eigenvalue weighted by Crippen LogP contribution is -2.46. The van der Waals surface area contributed by atoms with Crippen LogP contribution in [0.1, 0.15) is 33.6 Å². The molecule has 3 unspecified atom stereocenters. The van der Waals surface area contributed by atoms with Crippen molar-refractivity contribution >= 4 is 17.3 Å². The summed E-state index contributed by atoms with van der Waals surface area (Å²) in [5, 5.41) is 2.94. The summed E-state index contributed by atoms with van der Waals surface area (Å²) in [5.74, 6) is 0.0335. The van der Waals surface area contributed by atoms with Crippen molar-refractivity contribution in [2.24, 2.45) is 0 Å². The Labute approximate surface area is 115 Å². The molecule has 1 aliphatic heterocycles. The molecule has 1 fully saturated rings. The summed E-state index contributed by atoms with van der Waals surface area (Å²) in [7, 11) is 0. The third-order valence-corrected chi connectivity index (χ3v) is 4.00. The van der Waals surface area contributed by atoms with Gasteiger partial charge in [-0.05, 0) is 51.8 Å².